The zero-order valence-electron chi connectivity index (χ0n) is 9.92. The maximum absolute atomic E-state index is 5.31. The second-order valence-corrected chi connectivity index (χ2v) is 5.99. The van der Waals surface area contributed by atoms with Crippen molar-refractivity contribution in [3.63, 3.8) is 0 Å². The minimum Gasteiger partial charge on any atom is -0.342 e. The average Bonchev–Trinajstić information content (AvgIpc) is 2.28. The molecule has 2 aromatic rings. The number of hydrogen-bond donors (Lipinski definition) is 1. The van der Waals surface area contributed by atoms with Gasteiger partial charge in [0.15, 0.2) is 5.82 Å². The van der Waals surface area contributed by atoms with Gasteiger partial charge in [-0.3, -0.25) is 4.98 Å². The Balaban J connectivity index is 2.62. The molecule has 0 aromatic carbocycles. The summed E-state index contributed by atoms with van der Waals surface area (Å²) in [7, 11) is 0. The van der Waals surface area contributed by atoms with Gasteiger partial charge in [0.05, 0.1) is 0 Å². The van der Waals surface area contributed by atoms with Crippen molar-refractivity contribution in [2.24, 2.45) is 0 Å². The SMILES string of the molecule is CCc1c(C)[nH]c(-c2ncc(Br)cc2Br)nc1=S. The Bertz CT molecular complexity index is 652. The standard InChI is InChI=1S/C12H11Br2N3S/c1-3-8-6(2)16-11(17-12(8)18)10-9(14)4-7(13)5-15-10/h4-5H,3H2,1-2H3,(H,16,17,18). The van der Waals surface area contributed by atoms with Gasteiger partial charge in [0.1, 0.15) is 10.3 Å². The number of pyridine rings is 1. The molecule has 0 aliphatic carbocycles. The Hall–Kier alpha value is -0.590. The molecule has 0 saturated heterocycles. The summed E-state index contributed by atoms with van der Waals surface area (Å²) in [6.45, 7) is 4.08. The van der Waals surface area contributed by atoms with Crippen molar-refractivity contribution in [2.75, 3.05) is 0 Å². The zero-order valence-corrected chi connectivity index (χ0v) is 13.9. The van der Waals surface area contributed by atoms with Gasteiger partial charge >= 0.3 is 0 Å². The van der Waals surface area contributed by atoms with Crippen LogP contribution in [0.2, 0.25) is 0 Å². The predicted molar refractivity (Wildman–Crippen MR) is 82.2 cm³/mol. The lowest BCUT2D eigenvalue weighted by Crippen LogP contribution is -2.00. The molecule has 0 aliphatic heterocycles. The van der Waals surface area contributed by atoms with Gasteiger partial charge in [0.2, 0.25) is 0 Å². The first-order valence-electron chi connectivity index (χ1n) is 5.44. The molecule has 0 unspecified atom stereocenters. The summed E-state index contributed by atoms with van der Waals surface area (Å²) in [6.07, 6.45) is 2.62. The second kappa shape index (κ2) is 5.59. The van der Waals surface area contributed by atoms with Crippen LogP contribution < -0.4 is 0 Å². The molecular formula is C12H11Br2N3S. The van der Waals surface area contributed by atoms with Crippen LogP contribution in [-0.4, -0.2) is 15.0 Å². The summed E-state index contributed by atoms with van der Waals surface area (Å²) in [5, 5.41) is 0. The highest BCUT2D eigenvalue weighted by molar-refractivity contribution is 9.11. The predicted octanol–water partition coefficient (Wildman–Crippen LogP) is 4.60. The summed E-state index contributed by atoms with van der Waals surface area (Å²) in [5.41, 5.74) is 2.89. The molecule has 1 N–H and O–H groups in total. The third kappa shape index (κ3) is 2.70. The Morgan fingerprint density at radius 3 is 2.67 bits per heavy atom. The monoisotopic (exact) mass is 387 g/mol. The van der Waals surface area contributed by atoms with Gasteiger partial charge in [0, 0.05) is 26.4 Å². The third-order valence-electron chi connectivity index (χ3n) is 2.62. The second-order valence-electron chi connectivity index (χ2n) is 3.83. The molecule has 2 aromatic heterocycles. The topological polar surface area (TPSA) is 41.6 Å². The van der Waals surface area contributed by atoms with Crippen LogP contribution in [0.15, 0.2) is 21.2 Å². The smallest absolute Gasteiger partial charge is 0.158 e. The van der Waals surface area contributed by atoms with Gasteiger partial charge in [-0.2, -0.15) is 0 Å². The molecule has 18 heavy (non-hydrogen) atoms. The first-order valence-corrected chi connectivity index (χ1v) is 7.43. The van der Waals surface area contributed by atoms with E-state index in [1.54, 1.807) is 6.20 Å². The summed E-state index contributed by atoms with van der Waals surface area (Å²) in [6, 6.07) is 1.93. The number of halogens is 2. The maximum atomic E-state index is 5.31. The third-order valence-corrected chi connectivity index (χ3v) is 3.99. The molecule has 2 rings (SSSR count). The number of aromatic nitrogens is 3. The molecule has 0 amide bonds. The molecule has 2 heterocycles. The van der Waals surface area contributed by atoms with Gasteiger partial charge in [-0.15, -0.1) is 0 Å². The fourth-order valence-corrected chi connectivity index (χ4v) is 3.29. The average molecular weight is 389 g/mol. The van der Waals surface area contributed by atoms with E-state index in [1.165, 1.54) is 0 Å². The Kier molecular flexibility index (Phi) is 4.29. The Morgan fingerprint density at radius 1 is 1.39 bits per heavy atom. The van der Waals surface area contributed by atoms with Gasteiger partial charge < -0.3 is 4.98 Å². The van der Waals surface area contributed by atoms with E-state index in [1.807, 2.05) is 13.0 Å². The Labute approximate surface area is 127 Å². The molecule has 94 valence electrons. The van der Waals surface area contributed by atoms with Crippen molar-refractivity contribution in [1.29, 1.82) is 0 Å². The molecule has 0 saturated carbocycles. The molecule has 0 fully saturated rings. The number of rotatable bonds is 2. The first kappa shape index (κ1) is 13.8. The minimum absolute atomic E-state index is 0.639. The van der Waals surface area contributed by atoms with Crippen LogP contribution in [0, 0.1) is 11.6 Å². The Morgan fingerprint density at radius 2 is 2.11 bits per heavy atom. The largest absolute Gasteiger partial charge is 0.342 e. The number of aromatic amines is 1. The molecule has 0 atom stereocenters. The van der Waals surface area contributed by atoms with Crippen LogP contribution in [0.4, 0.5) is 0 Å². The van der Waals surface area contributed by atoms with Crippen molar-refractivity contribution in [2.45, 2.75) is 20.3 Å². The van der Waals surface area contributed by atoms with Crippen LogP contribution in [-0.2, 0) is 6.42 Å². The summed E-state index contributed by atoms with van der Waals surface area (Å²) in [5.74, 6) is 0.689. The molecular weight excluding hydrogens is 378 g/mol. The maximum Gasteiger partial charge on any atom is 0.158 e. The number of hydrogen-bond acceptors (Lipinski definition) is 3. The van der Waals surface area contributed by atoms with Crippen molar-refractivity contribution in [3.05, 3.63) is 37.1 Å². The molecule has 6 heteroatoms. The lowest BCUT2D eigenvalue weighted by molar-refractivity contribution is 0.981. The van der Waals surface area contributed by atoms with Gasteiger partial charge in [0.25, 0.3) is 0 Å². The van der Waals surface area contributed by atoms with Crippen molar-refractivity contribution in [3.8, 4) is 11.5 Å². The van der Waals surface area contributed by atoms with Crippen LogP contribution in [0.25, 0.3) is 11.5 Å². The van der Waals surface area contributed by atoms with Crippen molar-refractivity contribution < 1.29 is 0 Å². The molecule has 0 radical (unpaired) electrons. The van der Waals surface area contributed by atoms with E-state index in [-0.39, 0.29) is 0 Å². The first-order chi connectivity index (χ1) is 8.52. The van der Waals surface area contributed by atoms with E-state index in [0.717, 1.165) is 32.3 Å². The van der Waals surface area contributed by atoms with Crippen LogP contribution in [0.3, 0.4) is 0 Å². The number of nitrogens with zero attached hydrogens (tertiary/aromatic N) is 2. The molecule has 0 spiro atoms. The lowest BCUT2D eigenvalue weighted by atomic mass is 10.2. The molecule has 0 aliphatic rings. The van der Waals surface area contributed by atoms with E-state index in [9.17, 15) is 0 Å². The normalized spacial score (nSPS) is 10.7. The number of aryl methyl sites for hydroxylation is 1. The minimum atomic E-state index is 0.639. The fraction of sp³-hybridized carbons (Fsp3) is 0.250. The molecule has 0 bridgehead atoms. The summed E-state index contributed by atoms with van der Waals surface area (Å²) in [4.78, 5) is 12.0. The van der Waals surface area contributed by atoms with Gasteiger partial charge in [-0.25, -0.2) is 4.98 Å². The van der Waals surface area contributed by atoms with Crippen LogP contribution in [0.1, 0.15) is 18.2 Å². The summed E-state index contributed by atoms with van der Waals surface area (Å²) >= 11 is 12.2. The number of H-pyrrole nitrogens is 1. The van der Waals surface area contributed by atoms with E-state index in [4.69, 9.17) is 12.2 Å². The fourth-order valence-electron chi connectivity index (χ4n) is 1.73. The highest BCUT2D eigenvalue weighted by Crippen LogP contribution is 2.26. The van der Waals surface area contributed by atoms with Gasteiger partial charge in [-0.05, 0) is 51.3 Å². The quantitative estimate of drug-likeness (QED) is 0.764. The highest BCUT2D eigenvalue weighted by atomic mass is 79.9. The van der Waals surface area contributed by atoms with Crippen LogP contribution in [0.5, 0.6) is 0 Å². The summed E-state index contributed by atoms with van der Waals surface area (Å²) < 4.78 is 2.43. The van der Waals surface area contributed by atoms with Crippen LogP contribution >= 0.6 is 44.1 Å². The van der Waals surface area contributed by atoms with E-state index >= 15 is 0 Å². The van der Waals surface area contributed by atoms with E-state index in [0.29, 0.717) is 10.5 Å². The van der Waals surface area contributed by atoms with E-state index in [2.05, 4.69) is 53.7 Å². The van der Waals surface area contributed by atoms with Crippen molar-refractivity contribution >= 4 is 44.1 Å². The van der Waals surface area contributed by atoms with Crippen molar-refractivity contribution in [1.82, 2.24) is 15.0 Å². The number of nitrogens with one attached hydrogen (secondary N) is 1. The zero-order chi connectivity index (χ0) is 13.3. The molecule has 3 nitrogen and oxygen atoms in total. The van der Waals surface area contributed by atoms with Gasteiger partial charge in [-0.1, -0.05) is 19.1 Å². The van der Waals surface area contributed by atoms with E-state index < -0.39 is 0 Å². The lowest BCUT2D eigenvalue weighted by Gasteiger charge is -2.08. The highest BCUT2D eigenvalue weighted by Gasteiger charge is 2.10.